The molecule has 5 nitrogen and oxygen atoms in total. The molecule has 5 heteroatoms. The van der Waals surface area contributed by atoms with E-state index in [0.29, 0.717) is 25.3 Å². The Morgan fingerprint density at radius 1 is 0.829 bits per heavy atom. The molecular formula is C30H36N2O3. The molecule has 3 aromatic carbocycles. The third kappa shape index (κ3) is 8.29. The number of ether oxygens (including phenoxy) is 1. The molecule has 1 unspecified atom stereocenters. The molecule has 0 aliphatic rings. The van der Waals surface area contributed by atoms with Crippen LogP contribution in [0.5, 0.6) is 5.75 Å². The van der Waals surface area contributed by atoms with E-state index in [0.717, 1.165) is 30.4 Å². The van der Waals surface area contributed by atoms with Crippen molar-refractivity contribution in [1.29, 1.82) is 0 Å². The second-order valence-corrected chi connectivity index (χ2v) is 8.64. The molecule has 0 fully saturated rings. The van der Waals surface area contributed by atoms with Crippen LogP contribution in [0.25, 0.3) is 0 Å². The van der Waals surface area contributed by atoms with E-state index in [1.54, 1.807) is 4.90 Å². The summed E-state index contributed by atoms with van der Waals surface area (Å²) in [6.07, 6.45) is 3.26. The Morgan fingerprint density at radius 3 is 2.06 bits per heavy atom. The zero-order valence-electron chi connectivity index (χ0n) is 20.8. The number of unbranched alkanes of at least 4 members (excludes halogenated alkanes) is 1. The average molecular weight is 473 g/mol. The number of rotatable bonds is 13. The zero-order valence-corrected chi connectivity index (χ0v) is 20.8. The minimum atomic E-state index is -0.645. The van der Waals surface area contributed by atoms with Crippen molar-refractivity contribution in [3.8, 4) is 5.75 Å². The predicted octanol–water partition coefficient (Wildman–Crippen LogP) is 5.18. The molecule has 184 valence electrons. The van der Waals surface area contributed by atoms with Gasteiger partial charge in [-0.2, -0.15) is 0 Å². The molecule has 1 N–H and O–H groups in total. The van der Waals surface area contributed by atoms with Gasteiger partial charge in [-0.05, 0) is 41.7 Å². The number of hydrogen-bond acceptors (Lipinski definition) is 3. The first-order valence-electron chi connectivity index (χ1n) is 12.5. The molecule has 0 saturated carbocycles. The van der Waals surface area contributed by atoms with Gasteiger partial charge in [-0.25, -0.2) is 0 Å². The van der Waals surface area contributed by atoms with Crippen molar-refractivity contribution < 1.29 is 14.3 Å². The van der Waals surface area contributed by atoms with E-state index in [1.165, 1.54) is 5.56 Å². The van der Waals surface area contributed by atoms with E-state index in [4.69, 9.17) is 4.74 Å². The van der Waals surface area contributed by atoms with E-state index >= 15 is 0 Å². The summed E-state index contributed by atoms with van der Waals surface area (Å²) in [7, 11) is 0. The number of amides is 2. The lowest BCUT2D eigenvalue weighted by molar-refractivity contribution is -0.142. The van der Waals surface area contributed by atoms with Crippen LogP contribution in [0.15, 0.2) is 84.9 Å². The summed E-state index contributed by atoms with van der Waals surface area (Å²) in [5, 5.41) is 3.04. The van der Waals surface area contributed by atoms with Crippen molar-refractivity contribution in [3.05, 3.63) is 102 Å². The second-order valence-electron chi connectivity index (χ2n) is 8.64. The fourth-order valence-corrected chi connectivity index (χ4v) is 3.89. The molecule has 2 amide bonds. The van der Waals surface area contributed by atoms with E-state index in [9.17, 15) is 9.59 Å². The van der Waals surface area contributed by atoms with Gasteiger partial charge in [0.05, 0.1) is 0 Å². The van der Waals surface area contributed by atoms with Gasteiger partial charge in [0.2, 0.25) is 5.91 Å². The molecule has 0 heterocycles. The van der Waals surface area contributed by atoms with Gasteiger partial charge in [-0.15, -0.1) is 0 Å². The van der Waals surface area contributed by atoms with Crippen LogP contribution in [0.4, 0.5) is 0 Å². The van der Waals surface area contributed by atoms with Gasteiger partial charge in [0.1, 0.15) is 11.8 Å². The third-order valence-electron chi connectivity index (χ3n) is 5.99. The highest BCUT2D eigenvalue weighted by Crippen LogP contribution is 2.17. The van der Waals surface area contributed by atoms with Crippen LogP contribution in [0, 0.1) is 0 Å². The van der Waals surface area contributed by atoms with Crippen molar-refractivity contribution in [2.24, 2.45) is 0 Å². The zero-order chi connectivity index (χ0) is 24.9. The van der Waals surface area contributed by atoms with Gasteiger partial charge in [-0.1, -0.05) is 93.1 Å². The van der Waals surface area contributed by atoms with Crippen molar-refractivity contribution in [1.82, 2.24) is 10.2 Å². The number of nitrogens with one attached hydrogen (secondary N) is 1. The number of aryl methyl sites for hydroxylation is 1. The van der Waals surface area contributed by atoms with Crippen LogP contribution >= 0.6 is 0 Å². The highest BCUT2D eigenvalue weighted by Gasteiger charge is 2.30. The molecule has 3 rings (SSSR count). The van der Waals surface area contributed by atoms with Gasteiger partial charge < -0.3 is 15.0 Å². The Balaban J connectivity index is 1.83. The SMILES string of the molecule is CCCCNC(=O)C(Cc1ccccc1)N(Cc1ccccc1)C(=O)COc1ccc(CC)cc1. The van der Waals surface area contributed by atoms with Crippen molar-refractivity contribution in [3.63, 3.8) is 0 Å². The first kappa shape index (κ1) is 26.0. The highest BCUT2D eigenvalue weighted by atomic mass is 16.5. The lowest BCUT2D eigenvalue weighted by Gasteiger charge is -2.31. The molecule has 0 saturated heterocycles. The minimum absolute atomic E-state index is 0.133. The summed E-state index contributed by atoms with van der Waals surface area (Å²) >= 11 is 0. The molecule has 1 atom stereocenters. The lowest BCUT2D eigenvalue weighted by atomic mass is 10.0. The molecule has 0 spiro atoms. The summed E-state index contributed by atoms with van der Waals surface area (Å²) < 4.78 is 5.84. The highest BCUT2D eigenvalue weighted by molar-refractivity contribution is 5.88. The minimum Gasteiger partial charge on any atom is -0.484 e. The smallest absolute Gasteiger partial charge is 0.261 e. The van der Waals surface area contributed by atoms with Crippen molar-refractivity contribution in [2.75, 3.05) is 13.2 Å². The van der Waals surface area contributed by atoms with E-state index in [2.05, 4.69) is 19.2 Å². The van der Waals surface area contributed by atoms with Crippen LogP contribution in [-0.4, -0.2) is 35.9 Å². The fourth-order valence-electron chi connectivity index (χ4n) is 3.89. The van der Waals surface area contributed by atoms with Gasteiger partial charge in [0, 0.05) is 19.5 Å². The predicted molar refractivity (Wildman–Crippen MR) is 140 cm³/mol. The number of carbonyl (C=O) groups is 2. The first-order chi connectivity index (χ1) is 17.1. The standard InChI is InChI=1S/C30H36N2O3/c1-3-5-20-31-30(34)28(21-25-12-8-6-9-13-25)32(22-26-14-10-7-11-15-26)29(33)23-35-27-18-16-24(4-2)17-19-27/h6-19,28H,3-5,20-23H2,1-2H3,(H,31,34). The summed E-state index contributed by atoms with van der Waals surface area (Å²) in [6.45, 7) is 4.97. The van der Waals surface area contributed by atoms with Crippen LogP contribution < -0.4 is 10.1 Å². The normalized spacial score (nSPS) is 11.5. The molecule has 0 radical (unpaired) electrons. The molecule has 35 heavy (non-hydrogen) atoms. The Hall–Kier alpha value is -3.60. The van der Waals surface area contributed by atoms with Crippen LogP contribution in [0.2, 0.25) is 0 Å². The van der Waals surface area contributed by atoms with E-state index < -0.39 is 6.04 Å². The summed E-state index contributed by atoms with van der Waals surface area (Å²) in [5.41, 5.74) is 3.18. The van der Waals surface area contributed by atoms with E-state index in [1.807, 2.05) is 84.9 Å². The topological polar surface area (TPSA) is 58.6 Å². The van der Waals surface area contributed by atoms with E-state index in [-0.39, 0.29) is 18.4 Å². The molecule has 0 aliphatic heterocycles. The summed E-state index contributed by atoms with van der Waals surface area (Å²) in [5.74, 6) is 0.279. The maximum Gasteiger partial charge on any atom is 0.261 e. The number of carbonyl (C=O) groups excluding carboxylic acids is 2. The molecule has 0 aliphatic carbocycles. The van der Waals surface area contributed by atoms with Crippen molar-refractivity contribution in [2.45, 2.75) is 52.1 Å². The Morgan fingerprint density at radius 2 is 1.46 bits per heavy atom. The van der Waals surface area contributed by atoms with Crippen LogP contribution in [0.3, 0.4) is 0 Å². The van der Waals surface area contributed by atoms with Gasteiger partial charge >= 0.3 is 0 Å². The van der Waals surface area contributed by atoms with Crippen LogP contribution in [0.1, 0.15) is 43.4 Å². The Bertz CT molecular complexity index is 1040. The maximum absolute atomic E-state index is 13.5. The molecular weight excluding hydrogens is 436 g/mol. The molecule has 0 bridgehead atoms. The monoisotopic (exact) mass is 472 g/mol. The maximum atomic E-state index is 13.5. The third-order valence-corrected chi connectivity index (χ3v) is 5.99. The van der Waals surface area contributed by atoms with Gasteiger partial charge in [-0.3, -0.25) is 9.59 Å². The number of nitrogens with zero attached hydrogens (tertiary/aromatic N) is 1. The molecule has 0 aromatic heterocycles. The second kappa shape index (κ2) is 14.0. The quantitative estimate of drug-likeness (QED) is 0.349. The molecule has 3 aromatic rings. The summed E-state index contributed by atoms with van der Waals surface area (Å²) in [6, 6.07) is 26.7. The van der Waals surface area contributed by atoms with Crippen LogP contribution in [-0.2, 0) is 29.0 Å². The van der Waals surface area contributed by atoms with Gasteiger partial charge in [0.25, 0.3) is 5.91 Å². The van der Waals surface area contributed by atoms with Crippen molar-refractivity contribution >= 4 is 11.8 Å². The first-order valence-corrected chi connectivity index (χ1v) is 12.5. The largest absolute Gasteiger partial charge is 0.484 e. The lowest BCUT2D eigenvalue weighted by Crippen LogP contribution is -2.51. The number of benzene rings is 3. The fraction of sp³-hybridized carbons (Fsp3) is 0.333. The average Bonchev–Trinajstić information content (AvgIpc) is 2.90. The van der Waals surface area contributed by atoms with Gasteiger partial charge in [0.15, 0.2) is 6.61 Å². The Labute approximate surface area is 209 Å². The Kier molecular flexibility index (Phi) is 10.4. The number of hydrogen-bond donors (Lipinski definition) is 1. The summed E-state index contributed by atoms with van der Waals surface area (Å²) in [4.78, 5) is 28.5.